The Kier molecular flexibility index (Phi) is 4.21. The number of amides is 2. The van der Waals surface area contributed by atoms with Crippen LogP contribution in [0.5, 0.6) is 0 Å². The fourth-order valence-corrected chi connectivity index (χ4v) is 3.77. The van der Waals surface area contributed by atoms with E-state index in [0.29, 0.717) is 13.1 Å². The van der Waals surface area contributed by atoms with Gasteiger partial charge in [-0.15, -0.1) is 0 Å². The lowest BCUT2D eigenvalue weighted by molar-refractivity contribution is -0.137. The summed E-state index contributed by atoms with van der Waals surface area (Å²) in [5.41, 5.74) is 0.863. The van der Waals surface area contributed by atoms with E-state index in [1.54, 1.807) is 11.2 Å². The zero-order chi connectivity index (χ0) is 17.2. The molecule has 7 heteroatoms. The van der Waals surface area contributed by atoms with Gasteiger partial charge in [0.15, 0.2) is 0 Å². The van der Waals surface area contributed by atoms with E-state index in [1.165, 1.54) is 6.33 Å². The normalized spacial score (nSPS) is 23.9. The number of aromatic nitrogens is 3. The standard InChI is InChI=1S/C18H21N5O2/c24-17-9-14(10-22(17)15-5-2-1-3-6-15)18(25)21-8-4-7-16(11-21)23-13-19-12-20-23/h1-3,5-6,12-14,16H,4,7-11H2/t14-,16-/m1/s1. The summed E-state index contributed by atoms with van der Waals surface area (Å²) in [5.74, 6) is -0.159. The molecule has 2 amide bonds. The third-order valence-electron chi connectivity index (χ3n) is 5.06. The lowest BCUT2D eigenvalue weighted by Gasteiger charge is -2.34. The summed E-state index contributed by atoms with van der Waals surface area (Å²) >= 11 is 0. The van der Waals surface area contributed by atoms with Crippen LogP contribution in [0.3, 0.4) is 0 Å². The van der Waals surface area contributed by atoms with E-state index in [9.17, 15) is 9.59 Å². The molecule has 2 aliphatic rings. The summed E-state index contributed by atoms with van der Waals surface area (Å²) in [6.45, 7) is 1.85. The molecule has 2 atom stereocenters. The van der Waals surface area contributed by atoms with Crippen LogP contribution in [0.2, 0.25) is 0 Å². The van der Waals surface area contributed by atoms with Crippen molar-refractivity contribution in [3.63, 3.8) is 0 Å². The van der Waals surface area contributed by atoms with Gasteiger partial charge in [0, 0.05) is 31.7 Å². The number of likely N-dealkylation sites (tertiary alicyclic amines) is 1. The average molecular weight is 339 g/mol. The number of para-hydroxylation sites is 1. The van der Waals surface area contributed by atoms with E-state index in [2.05, 4.69) is 10.1 Å². The van der Waals surface area contributed by atoms with Crippen LogP contribution in [0.4, 0.5) is 5.69 Å². The summed E-state index contributed by atoms with van der Waals surface area (Å²) in [4.78, 5) is 32.9. The van der Waals surface area contributed by atoms with E-state index in [4.69, 9.17) is 0 Å². The largest absolute Gasteiger partial charge is 0.340 e. The number of carbonyl (C=O) groups excluding carboxylic acids is 2. The predicted octanol–water partition coefficient (Wildman–Crippen LogP) is 1.49. The van der Waals surface area contributed by atoms with E-state index in [0.717, 1.165) is 25.1 Å². The molecule has 0 saturated carbocycles. The van der Waals surface area contributed by atoms with Crippen molar-refractivity contribution in [2.45, 2.75) is 25.3 Å². The van der Waals surface area contributed by atoms with Gasteiger partial charge < -0.3 is 9.80 Å². The summed E-state index contributed by atoms with van der Waals surface area (Å²) in [6, 6.07) is 9.72. The number of nitrogens with zero attached hydrogens (tertiary/aromatic N) is 5. The maximum atomic E-state index is 12.9. The van der Waals surface area contributed by atoms with Gasteiger partial charge in [-0.05, 0) is 25.0 Å². The Balaban J connectivity index is 1.43. The molecule has 0 unspecified atom stereocenters. The predicted molar refractivity (Wildman–Crippen MR) is 91.8 cm³/mol. The number of carbonyl (C=O) groups is 2. The first-order valence-electron chi connectivity index (χ1n) is 8.70. The van der Waals surface area contributed by atoms with Gasteiger partial charge in [0.2, 0.25) is 11.8 Å². The molecule has 1 aromatic heterocycles. The maximum absolute atomic E-state index is 12.9. The molecule has 25 heavy (non-hydrogen) atoms. The fraction of sp³-hybridized carbons (Fsp3) is 0.444. The second-order valence-corrected chi connectivity index (χ2v) is 6.70. The molecule has 7 nitrogen and oxygen atoms in total. The van der Waals surface area contributed by atoms with Crippen molar-refractivity contribution >= 4 is 17.5 Å². The second kappa shape index (κ2) is 6.66. The number of piperidine rings is 1. The molecule has 2 aromatic rings. The highest BCUT2D eigenvalue weighted by Crippen LogP contribution is 2.28. The first-order chi connectivity index (χ1) is 12.2. The topological polar surface area (TPSA) is 71.3 Å². The highest BCUT2D eigenvalue weighted by atomic mass is 16.2. The molecule has 4 rings (SSSR count). The number of hydrogen-bond acceptors (Lipinski definition) is 4. The smallest absolute Gasteiger partial charge is 0.228 e. The maximum Gasteiger partial charge on any atom is 0.228 e. The molecular weight excluding hydrogens is 318 g/mol. The van der Waals surface area contributed by atoms with Crippen LogP contribution in [-0.4, -0.2) is 51.1 Å². The summed E-state index contributed by atoms with van der Waals surface area (Å²) in [6.07, 6.45) is 5.45. The zero-order valence-electron chi connectivity index (χ0n) is 14.0. The lowest BCUT2D eigenvalue weighted by Crippen LogP contribution is -2.44. The van der Waals surface area contributed by atoms with Gasteiger partial charge in [0.05, 0.1) is 12.0 Å². The Morgan fingerprint density at radius 2 is 2.00 bits per heavy atom. The molecule has 0 aliphatic carbocycles. The van der Waals surface area contributed by atoms with Crippen molar-refractivity contribution in [3.05, 3.63) is 43.0 Å². The van der Waals surface area contributed by atoms with Crippen LogP contribution in [0.15, 0.2) is 43.0 Å². The first kappa shape index (κ1) is 15.8. The average Bonchev–Trinajstić information content (AvgIpc) is 3.32. The van der Waals surface area contributed by atoms with Crippen molar-refractivity contribution in [2.75, 3.05) is 24.5 Å². The van der Waals surface area contributed by atoms with Crippen LogP contribution >= 0.6 is 0 Å². The van der Waals surface area contributed by atoms with Crippen LogP contribution in [-0.2, 0) is 9.59 Å². The van der Waals surface area contributed by atoms with Crippen molar-refractivity contribution in [1.29, 1.82) is 0 Å². The number of hydrogen-bond donors (Lipinski definition) is 0. The third-order valence-corrected chi connectivity index (χ3v) is 5.06. The van der Waals surface area contributed by atoms with Gasteiger partial charge in [0.25, 0.3) is 0 Å². The Morgan fingerprint density at radius 1 is 1.16 bits per heavy atom. The van der Waals surface area contributed by atoms with E-state index < -0.39 is 0 Å². The van der Waals surface area contributed by atoms with Crippen molar-refractivity contribution in [1.82, 2.24) is 19.7 Å². The van der Waals surface area contributed by atoms with E-state index in [1.807, 2.05) is 39.9 Å². The van der Waals surface area contributed by atoms with E-state index in [-0.39, 0.29) is 30.2 Å². The van der Waals surface area contributed by atoms with Gasteiger partial charge in [-0.2, -0.15) is 5.10 Å². The molecule has 0 bridgehead atoms. The number of anilines is 1. The molecular formula is C18H21N5O2. The van der Waals surface area contributed by atoms with Gasteiger partial charge in [-0.3, -0.25) is 9.59 Å². The van der Waals surface area contributed by atoms with Crippen molar-refractivity contribution in [3.8, 4) is 0 Å². The Labute approximate surface area is 146 Å². The van der Waals surface area contributed by atoms with Gasteiger partial charge in [-0.25, -0.2) is 9.67 Å². The van der Waals surface area contributed by atoms with Crippen LogP contribution < -0.4 is 4.90 Å². The summed E-state index contributed by atoms with van der Waals surface area (Å²) in [7, 11) is 0. The minimum atomic E-state index is -0.262. The molecule has 2 aliphatic heterocycles. The molecule has 1 aromatic carbocycles. The Bertz CT molecular complexity index is 746. The monoisotopic (exact) mass is 339 g/mol. The molecule has 0 spiro atoms. The third kappa shape index (κ3) is 3.14. The first-order valence-corrected chi connectivity index (χ1v) is 8.70. The van der Waals surface area contributed by atoms with Crippen LogP contribution in [0, 0.1) is 5.92 Å². The molecule has 0 radical (unpaired) electrons. The second-order valence-electron chi connectivity index (χ2n) is 6.70. The lowest BCUT2D eigenvalue weighted by atomic mass is 10.0. The number of benzene rings is 1. The minimum absolute atomic E-state index is 0.0226. The minimum Gasteiger partial charge on any atom is -0.340 e. The van der Waals surface area contributed by atoms with Crippen molar-refractivity contribution in [2.24, 2.45) is 5.92 Å². The molecule has 2 fully saturated rings. The SMILES string of the molecule is O=C([C@@H]1CC(=O)N(c2ccccc2)C1)N1CCC[C@@H](n2cncn2)C1. The highest BCUT2D eigenvalue weighted by molar-refractivity contribution is 6.00. The van der Waals surface area contributed by atoms with Crippen LogP contribution in [0.25, 0.3) is 0 Å². The van der Waals surface area contributed by atoms with Crippen molar-refractivity contribution < 1.29 is 9.59 Å². The molecule has 130 valence electrons. The summed E-state index contributed by atoms with van der Waals surface area (Å²) in [5, 5.41) is 4.20. The van der Waals surface area contributed by atoms with Gasteiger partial charge in [-0.1, -0.05) is 18.2 Å². The quantitative estimate of drug-likeness (QED) is 0.849. The van der Waals surface area contributed by atoms with E-state index >= 15 is 0 Å². The zero-order valence-corrected chi connectivity index (χ0v) is 14.0. The van der Waals surface area contributed by atoms with Gasteiger partial charge in [0.1, 0.15) is 12.7 Å². The summed E-state index contributed by atoms with van der Waals surface area (Å²) < 4.78 is 1.83. The van der Waals surface area contributed by atoms with Crippen LogP contribution in [0.1, 0.15) is 25.3 Å². The van der Waals surface area contributed by atoms with Gasteiger partial charge >= 0.3 is 0 Å². The molecule has 0 N–H and O–H groups in total. The fourth-order valence-electron chi connectivity index (χ4n) is 3.77. The number of rotatable bonds is 3. The molecule has 3 heterocycles. The Hall–Kier alpha value is -2.70. The highest BCUT2D eigenvalue weighted by Gasteiger charge is 2.38. The molecule has 2 saturated heterocycles. The Morgan fingerprint density at radius 3 is 2.76 bits per heavy atom.